The van der Waals surface area contributed by atoms with Gasteiger partial charge in [-0.3, -0.25) is 14.6 Å². The van der Waals surface area contributed by atoms with Crippen LogP contribution in [0.4, 0.5) is 5.69 Å². The van der Waals surface area contributed by atoms with Gasteiger partial charge in [0.1, 0.15) is 5.75 Å². The molecule has 13 heteroatoms. The van der Waals surface area contributed by atoms with Crippen LogP contribution in [0, 0.1) is 0 Å². The first kappa shape index (κ1) is 21.8. The number of anilines is 1. The number of carbonyl (C=O) groups is 2. The van der Waals surface area contributed by atoms with Crippen LogP contribution in [0.2, 0.25) is 0 Å². The third-order valence-corrected chi connectivity index (χ3v) is 3.52. The van der Waals surface area contributed by atoms with Crippen molar-refractivity contribution in [2.24, 2.45) is 5.73 Å². The molecule has 0 fully saturated rings. The van der Waals surface area contributed by atoms with Crippen molar-refractivity contribution in [3.63, 3.8) is 0 Å². The molecule has 0 atom stereocenters. The first-order valence-electron chi connectivity index (χ1n) is 8.17. The summed E-state index contributed by atoms with van der Waals surface area (Å²) in [4.78, 5) is 39.4. The van der Waals surface area contributed by atoms with Crippen molar-refractivity contribution in [1.82, 2.24) is 20.3 Å². The highest BCUT2D eigenvalue weighted by Gasteiger charge is 2.16. The number of ether oxygens (including phenoxy) is 2. The number of hydrogen-bond acceptors (Lipinski definition) is 10. The Morgan fingerprint density at radius 2 is 2.10 bits per heavy atom. The van der Waals surface area contributed by atoms with Gasteiger partial charge in [0.2, 0.25) is 17.0 Å². The van der Waals surface area contributed by atoms with Crippen LogP contribution in [0.1, 0.15) is 23.1 Å². The number of nitrogens with one attached hydrogen (secondary N) is 2. The first-order valence-corrected chi connectivity index (χ1v) is 8.17. The van der Waals surface area contributed by atoms with Crippen LogP contribution in [0.3, 0.4) is 0 Å². The van der Waals surface area contributed by atoms with E-state index in [-0.39, 0.29) is 48.5 Å². The van der Waals surface area contributed by atoms with E-state index in [0.717, 1.165) is 5.56 Å². The van der Waals surface area contributed by atoms with Gasteiger partial charge in [-0.05, 0) is 34.9 Å². The summed E-state index contributed by atoms with van der Waals surface area (Å²) in [7, 11) is 0. The van der Waals surface area contributed by atoms with Crippen LogP contribution in [-0.2, 0) is 16.1 Å². The van der Waals surface area contributed by atoms with Crippen molar-refractivity contribution in [2.75, 3.05) is 18.5 Å². The number of rotatable bonds is 3. The van der Waals surface area contributed by atoms with E-state index in [2.05, 4.69) is 35.0 Å². The molecule has 1 aliphatic rings. The first-order chi connectivity index (χ1) is 13.5. The largest absolute Gasteiger partial charge is 0.482 e. The predicted octanol–water partition coefficient (Wildman–Crippen LogP) is 0.381. The molecule has 0 radical (unpaired) electrons. The van der Waals surface area contributed by atoms with E-state index < -0.39 is 11.5 Å². The molecule has 154 valence electrons. The third kappa shape index (κ3) is 5.06. The molecule has 0 spiro atoms. The number of esters is 1. The Hall–Kier alpha value is -3.51. The summed E-state index contributed by atoms with van der Waals surface area (Å²) in [6.45, 7) is 2.39. The fourth-order valence-electron chi connectivity index (χ4n) is 2.25. The summed E-state index contributed by atoms with van der Waals surface area (Å²) >= 11 is 0. The second-order valence-electron chi connectivity index (χ2n) is 5.44. The highest BCUT2D eigenvalue weighted by molar-refractivity contribution is 5.95. The normalized spacial score (nSPS) is 11.9. The van der Waals surface area contributed by atoms with Crippen molar-refractivity contribution in [3.05, 3.63) is 39.9 Å². The lowest BCUT2D eigenvalue weighted by atomic mass is 10.1. The Bertz CT molecular complexity index is 1080. The molecule has 1 aliphatic heterocycles. The summed E-state index contributed by atoms with van der Waals surface area (Å²) in [5.74, 6) is -0.358. The number of nitrogens with two attached hydrogens (primary N) is 1. The van der Waals surface area contributed by atoms with E-state index in [9.17, 15) is 14.4 Å². The number of H-pyrrole nitrogens is 1. The average molecular weight is 425 g/mol. The van der Waals surface area contributed by atoms with Crippen LogP contribution in [0.15, 0.2) is 27.6 Å². The third-order valence-electron chi connectivity index (χ3n) is 3.52. The van der Waals surface area contributed by atoms with Crippen LogP contribution in [0.25, 0.3) is 11.2 Å². The maximum atomic E-state index is 11.3. The van der Waals surface area contributed by atoms with E-state index >= 15 is 0 Å². The molecule has 3 aromatic rings. The van der Waals surface area contributed by atoms with Gasteiger partial charge in [-0.15, -0.1) is 12.4 Å². The highest BCUT2D eigenvalue weighted by atomic mass is 35.5. The zero-order chi connectivity index (χ0) is 20.1. The Balaban J connectivity index is 0.000000202. The number of hydrogen-bond donors (Lipinski definition) is 3. The molecule has 1 amide bonds. The van der Waals surface area contributed by atoms with E-state index in [1.165, 1.54) is 0 Å². The van der Waals surface area contributed by atoms with Gasteiger partial charge in [-0.2, -0.15) is 4.98 Å². The Kier molecular flexibility index (Phi) is 7.22. The lowest BCUT2D eigenvalue weighted by Gasteiger charge is -2.18. The summed E-state index contributed by atoms with van der Waals surface area (Å²) in [5.41, 5.74) is 6.48. The standard InChI is InChI=1S/C9H10N2O2.C7H6N4O4.ClH/c10-4-6-1-2-8-7(3-6)11-9(12)5-13-8;1-2-14-7(13)5-8-4-3(6(12)9-5)10-15-11-4;/h1-3H,4-5,10H2,(H,11,12);2H2,1H3,(H,8,9,11,12);1H. The van der Waals surface area contributed by atoms with Gasteiger partial charge in [0.15, 0.2) is 6.61 Å². The molecule has 12 nitrogen and oxygen atoms in total. The molecule has 1 aromatic carbocycles. The lowest BCUT2D eigenvalue weighted by molar-refractivity contribution is -0.118. The van der Waals surface area contributed by atoms with E-state index in [4.69, 9.17) is 10.5 Å². The summed E-state index contributed by atoms with van der Waals surface area (Å²) in [6, 6.07) is 5.53. The van der Waals surface area contributed by atoms with Crippen LogP contribution < -0.4 is 21.3 Å². The average Bonchev–Trinajstić information content (AvgIpc) is 3.17. The van der Waals surface area contributed by atoms with Crippen molar-refractivity contribution in [1.29, 1.82) is 0 Å². The van der Waals surface area contributed by atoms with Crippen molar-refractivity contribution < 1.29 is 23.7 Å². The molecule has 29 heavy (non-hydrogen) atoms. The molecule has 4 rings (SSSR count). The van der Waals surface area contributed by atoms with Crippen LogP contribution in [-0.4, -0.2) is 45.4 Å². The molecule has 0 saturated heterocycles. The number of carbonyl (C=O) groups excluding carboxylic acids is 2. The predicted molar refractivity (Wildman–Crippen MR) is 102 cm³/mol. The fourth-order valence-corrected chi connectivity index (χ4v) is 2.25. The van der Waals surface area contributed by atoms with E-state index in [0.29, 0.717) is 18.0 Å². The topological polar surface area (TPSA) is 175 Å². The van der Waals surface area contributed by atoms with Crippen molar-refractivity contribution in [3.8, 4) is 5.75 Å². The number of halogens is 1. The van der Waals surface area contributed by atoms with Crippen molar-refractivity contribution in [2.45, 2.75) is 13.5 Å². The number of nitrogens with zero attached hydrogens (tertiary/aromatic N) is 3. The SMILES string of the molecule is CCOC(=O)c1nc2nonc2c(=O)[nH]1.Cl.NCc1ccc2c(c1)NC(=O)CO2. The molecule has 0 unspecified atom stereocenters. The number of fused-ring (bicyclic) bond motifs is 2. The van der Waals surface area contributed by atoms with E-state index in [1.807, 2.05) is 18.2 Å². The summed E-state index contributed by atoms with van der Waals surface area (Å²) in [5, 5.41) is 9.39. The number of aromatic amines is 1. The zero-order valence-corrected chi connectivity index (χ0v) is 15.9. The zero-order valence-electron chi connectivity index (χ0n) is 15.1. The van der Waals surface area contributed by atoms with Gasteiger partial charge in [0.05, 0.1) is 12.3 Å². The molecule has 4 N–H and O–H groups in total. The maximum Gasteiger partial charge on any atom is 0.374 e. The Labute approximate surface area is 169 Å². The van der Waals surface area contributed by atoms with Gasteiger partial charge in [-0.1, -0.05) is 6.07 Å². The number of amides is 1. The molecule has 0 aliphatic carbocycles. The smallest absolute Gasteiger partial charge is 0.374 e. The Morgan fingerprint density at radius 3 is 2.83 bits per heavy atom. The van der Waals surface area contributed by atoms with Crippen LogP contribution >= 0.6 is 12.4 Å². The molecular weight excluding hydrogens is 408 g/mol. The molecule has 3 heterocycles. The molecular formula is C16H17ClN6O6. The monoisotopic (exact) mass is 424 g/mol. The quantitative estimate of drug-likeness (QED) is 0.498. The lowest BCUT2D eigenvalue weighted by Crippen LogP contribution is -2.25. The van der Waals surface area contributed by atoms with Gasteiger partial charge >= 0.3 is 5.97 Å². The Morgan fingerprint density at radius 1 is 1.31 bits per heavy atom. The molecule has 0 saturated carbocycles. The summed E-state index contributed by atoms with van der Waals surface area (Å²) in [6.07, 6.45) is 0. The molecule has 0 bridgehead atoms. The van der Waals surface area contributed by atoms with E-state index in [1.54, 1.807) is 6.92 Å². The molecule has 2 aromatic heterocycles. The summed E-state index contributed by atoms with van der Waals surface area (Å²) < 4.78 is 14.1. The van der Waals surface area contributed by atoms with Crippen LogP contribution in [0.5, 0.6) is 5.75 Å². The second kappa shape index (κ2) is 9.61. The second-order valence-corrected chi connectivity index (χ2v) is 5.44. The fraction of sp³-hybridized carbons (Fsp3) is 0.250. The number of aromatic nitrogens is 4. The van der Waals surface area contributed by atoms with Gasteiger partial charge in [-0.25, -0.2) is 9.42 Å². The van der Waals surface area contributed by atoms with Crippen molar-refractivity contribution >= 4 is 41.1 Å². The minimum atomic E-state index is -0.723. The van der Waals surface area contributed by atoms with Gasteiger partial charge in [0, 0.05) is 6.54 Å². The highest BCUT2D eigenvalue weighted by Crippen LogP contribution is 2.28. The minimum absolute atomic E-state index is 0. The minimum Gasteiger partial charge on any atom is -0.482 e. The number of benzene rings is 1. The maximum absolute atomic E-state index is 11.3. The van der Waals surface area contributed by atoms with Gasteiger partial charge < -0.3 is 20.5 Å². The van der Waals surface area contributed by atoms with Gasteiger partial charge in [0.25, 0.3) is 11.5 Å².